The van der Waals surface area contributed by atoms with Gasteiger partial charge in [0.05, 0.1) is 16.8 Å². The Balaban J connectivity index is 2.40. The summed E-state index contributed by atoms with van der Waals surface area (Å²) in [7, 11) is 0. The molecule has 1 aromatic heterocycles. The van der Waals surface area contributed by atoms with E-state index in [0.717, 1.165) is 34.1 Å². The zero-order chi connectivity index (χ0) is 15.7. The van der Waals surface area contributed by atoms with Gasteiger partial charge in [0.2, 0.25) is 0 Å². The summed E-state index contributed by atoms with van der Waals surface area (Å²) in [4.78, 5) is 22.7. The van der Waals surface area contributed by atoms with Gasteiger partial charge in [-0.25, -0.2) is 0 Å². The molecule has 4 heteroatoms. The average Bonchev–Trinajstić information content (AvgIpc) is 2.80. The fourth-order valence-electron chi connectivity index (χ4n) is 2.96. The lowest BCUT2D eigenvalue weighted by atomic mass is 10.1. The largest absolute Gasteiger partial charge is 0.366 e. The van der Waals surface area contributed by atoms with Crippen molar-refractivity contribution in [3.05, 3.63) is 65.4 Å². The number of carbonyl (C=O) groups excluding carboxylic acids is 2. The molecule has 110 valence electrons. The lowest BCUT2D eigenvalue weighted by Crippen LogP contribution is -2.15. The third kappa shape index (κ3) is 2.09. The zero-order valence-corrected chi connectivity index (χ0v) is 12.2. The van der Waals surface area contributed by atoms with Crippen LogP contribution in [0.4, 0.5) is 0 Å². The van der Waals surface area contributed by atoms with E-state index in [0.29, 0.717) is 12.0 Å². The van der Waals surface area contributed by atoms with E-state index in [9.17, 15) is 9.59 Å². The molecule has 0 bridgehead atoms. The van der Waals surface area contributed by atoms with Gasteiger partial charge in [-0.3, -0.25) is 4.79 Å². The topological polar surface area (TPSA) is 65.1 Å². The number of amides is 1. The maximum atomic E-state index is 11.7. The number of fused-ring (bicyclic) bond motifs is 1. The Bertz CT molecular complexity index is 878. The highest BCUT2D eigenvalue weighted by atomic mass is 16.1. The third-order valence-corrected chi connectivity index (χ3v) is 3.94. The second-order valence-corrected chi connectivity index (χ2v) is 5.17. The molecule has 0 saturated carbocycles. The predicted octanol–water partition coefficient (Wildman–Crippen LogP) is 2.78. The number of primary amides is 1. The normalized spacial score (nSPS) is 10.8. The summed E-state index contributed by atoms with van der Waals surface area (Å²) in [5, 5.41) is 1.02. The van der Waals surface area contributed by atoms with Gasteiger partial charge in [-0.2, -0.15) is 0 Å². The number of hydrogen-bond acceptors (Lipinski definition) is 2. The fourth-order valence-corrected chi connectivity index (χ4v) is 2.96. The average molecular weight is 292 g/mol. The van der Waals surface area contributed by atoms with Crippen molar-refractivity contribution in [2.75, 3.05) is 0 Å². The zero-order valence-electron chi connectivity index (χ0n) is 12.2. The molecular formula is C18H16N2O2. The number of carbonyl (C=O) groups is 2. The minimum absolute atomic E-state index is 0.345. The Morgan fingerprint density at radius 2 is 1.82 bits per heavy atom. The second-order valence-electron chi connectivity index (χ2n) is 5.17. The number of nitrogens with two attached hydrogens (primary N) is 1. The van der Waals surface area contributed by atoms with Crippen molar-refractivity contribution in [2.45, 2.75) is 13.3 Å². The standard InChI is InChI=1S/C18H16N2O2/c1-12-13(10-11-21)14-6-2-4-8-16(14)20(12)17-9-5-3-7-15(17)18(19)22/h2-9,11H,10H2,1H3,(H2,19,22). The summed E-state index contributed by atoms with van der Waals surface area (Å²) in [6, 6.07) is 15.1. The Hall–Kier alpha value is -2.88. The van der Waals surface area contributed by atoms with Crippen LogP contribution in [0.25, 0.3) is 16.6 Å². The first kappa shape index (κ1) is 14.1. The van der Waals surface area contributed by atoms with Crippen LogP contribution in [0, 0.1) is 6.92 Å². The summed E-state index contributed by atoms with van der Waals surface area (Å²) < 4.78 is 1.99. The van der Waals surface area contributed by atoms with Crippen LogP contribution >= 0.6 is 0 Å². The molecule has 22 heavy (non-hydrogen) atoms. The molecule has 0 saturated heterocycles. The number of rotatable bonds is 4. The predicted molar refractivity (Wildman–Crippen MR) is 86.3 cm³/mol. The van der Waals surface area contributed by atoms with Crippen LogP contribution in [0.3, 0.4) is 0 Å². The maximum Gasteiger partial charge on any atom is 0.250 e. The molecule has 4 nitrogen and oxygen atoms in total. The maximum absolute atomic E-state index is 11.7. The molecule has 0 aliphatic rings. The van der Waals surface area contributed by atoms with Crippen LogP contribution in [-0.4, -0.2) is 16.8 Å². The summed E-state index contributed by atoms with van der Waals surface area (Å²) in [6.45, 7) is 1.95. The van der Waals surface area contributed by atoms with Gasteiger partial charge in [0.1, 0.15) is 6.29 Å². The van der Waals surface area contributed by atoms with E-state index in [2.05, 4.69) is 0 Å². The highest BCUT2D eigenvalue weighted by molar-refractivity contribution is 5.98. The van der Waals surface area contributed by atoms with E-state index in [1.807, 2.05) is 47.9 Å². The first-order valence-corrected chi connectivity index (χ1v) is 7.07. The summed E-state index contributed by atoms with van der Waals surface area (Å²) in [5.74, 6) is -0.468. The molecule has 0 atom stereocenters. The van der Waals surface area contributed by atoms with Crippen molar-refractivity contribution in [3.8, 4) is 5.69 Å². The number of aldehydes is 1. The summed E-state index contributed by atoms with van der Waals surface area (Å²) in [6.07, 6.45) is 1.25. The molecule has 3 aromatic rings. The van der Waals surface area contributed by atoms with Gasteiger partial charge >= 0.3 is 0 Å². The van der Waals surface area contributed by atoms with Gasteiger partial charge in [0, 0.05) is 17.5 Å². The van der Waals surface area contributed by atoms with Crippen LogP contribution in [0.15, 0.2) is 48.5 Å². The van der Waals surface area contributed by atoms with Crippen LogP contribution < -0.4 is 5.73 Å². The Morgan fingerprint density at radius 3 is 2.55 bits per heavy atom. The molecule has 0 aliphatic carbocycles. The van der Waals surface area contributed by atoms with Crippen LogP contribution in [0.5, 0.6) is 0 Å². The van der Waals surface area contributed by atoms with E-state index in [4.69, 9.17) is 5.73 Å². The van der Waals surface area contributed by atoms with Gasteiger partial charge in [0.15, 0.2) is 0 Å². The highest BCUT2D eigenvalue weighted by Crippen LogP contribution is 2.30. The van der Waals surface area contributed by atoms with E-state index in [1.165, 1.54) is 0 Å². The van der Waals surface area contributed by atoms with Crippen LogP contribution in [-0.2, 0) is 11.2 Å². The van der Waals surface area contributed by atoms with Gasteiger partial charge in [-0.15, -0.1) is 0 Å². The van der Waals surface area contributed by atoms with E-state index >= 15 is 0 Å². The van der Waals surface area contributed by atoms with Crippen molar-refractivity contribution < 1.29 is 9.59 Å². The Kier molecular flexibility index (Phi) is 3.51. The molecule has 0 radical (unpaired) electrons. The van der Waals surface area contributed by atoms with Gasteiger partial charge in [-0.05, 0) is 30.7 Å². The van der Waals surface area contributed by atoms with Crippen LogP contribution in [0.2, 0.25) is 0 Å². The van der Waals surface area contributed by atoms with E-state index in [-0.39, 0.29) is 0 Å². The third-order valence-electron chi connectivity index (χ3n) is 3.94. The summed E-state index contributed by atoms with van der Waals surface area (Å²) in [5.41, 5.74) is 9.59. The van der Waals surface area contributed by atoms with Crippen molar-refractivity contribution in [1.82, 2.24) is 4.57 Å². The molecule has 0 aliphatic heterocycles. The van der Waals surface area contributed by atoms with Crippen molar-refractivity contribution >= 4 is 23.1 Å². The first-order chi connectivity index (χ1) is 10.6. The second kappa shape index (κ2) is 5.48. The minimum Gasteiger partial charge on any atom is -0.366 e. The molecule has 1 heterocycles. The Labute approximate surface area is 128 Å². The number of benzene rings is 2. The number of para-hydroxylation sites is 2. The SMILES string of the molecule is Cc1c(CC=O)c2ccccc2n1-c1ccccc1C(N)=O. The molecule has 3 rings (SSSR count). The van der Waals surface area contributed by atoms with Crippen LogP contribution in [0.1, 0.15) is 21.6 Å². The van der Waals surface area contributed by atoms with E-state index in [1.54, 1.807) is 12.1 Å². The van der Waals surface area contributed by atoms with Crippen molar-refractivity contribution in [2.24, 2.45) is 5.73 Å². The number of aromatic nitrogens is 1. The molecular weight excluding hydrogens is 276 g/mol. The molecule has 2 aromatic carbocycles. The van der Waals surface area contributed by atoms with Crippen molar-refractivity contribution in [3.63, 3.8) is 0 Å². The lowest BCUT2D eigenvalue weighted by molar-refractivity contribution is -0.107. The van der Waals surface area contributed by atoms with Crippen molar-refractivity contribution in [1.29, 1.82) is 0 Å². The Morgan fingerprint density at radius 1 is 1.14 bits per heavy atom. The molecule has 0 unspecified atom stereocenters. The molecule has 2 N–H and O–H groups in total. The monoisotopic (exact) mass is 292 g/mol. The highest BCUT2D eigenvalue weighted by Gasteiger charge is 2.17. The summed E-state index contributed by atoms with van der Waals surface area (Å²) >= 11 is 0. The lowest BCUT2D eigenvalue weighted by Gasteiger charge is -2.12. The smallest absolute Gasteiger partial charge is 0.250 e. The number of nitrogens with zero attached hydrogens (tertiary/aromatic N) is 1. The minimum atomic E-state index is -0.468. The van der Waals surface area contributed by atoms with Gasteiger partial charge in [-0.1, -0.05) is 30.3 Å². The molecule has 0 fully saturated rings. The molecule has 0 spiro atoms. The van der Waals surface area contributed by atoms with Gasteiger partial charge in [0.25, 0.3) is 5.91 Å². The first-order valence-electron chi connectivity index (χ1n) is 7.07. The number of hydrogen-bond donors (Lipinski definition) is 1. The fraction of sp³-hybridized carbons (Fsp3) is 0.111. The van der Waals surface area contributed by atoms with E-state index < -0.39 is 5.91 Å². The quantitative estimate of drug-likeness (QED) is 0.751. The van der Waals surface area contributed by atoms with Gasteiger partial charge < -0.3 is 15.1 Å². The molecule has 1 amide bonds.